The van der Waals surface area contributed by atoms with Gasteiger partial charge in [0.05, 0.1) is 34.2 Å². The van der Waals surface area contributed by atoms with Crippen molar-refractivity contribution in [1.29, 1.82) is 0 Å². The molecular formula is C15H14N2O3S2. The molecule has 3 rings (SSSR count). The van der Waals surface area contributed by atoms with Crippen molar-refractivity contribution < 1.29 is 9.47 Å². The van der Waals surface area contributed by atoms with Crippen LogP contribution in [0.1, 0.15) is 0 Å². The Hall–Kier alpha value is -1.99. The van der Waals surface area contributed by atoms with Gasteiger partial charge in [-0.1, -0.05) is 0 Å². The van der Waals surface area contributed by atoms with Gasteiger partial charge in [-0.25, -0.2) is 4.98 Å². The Morgan fingerprint density at radius 2 is 1.91 bits per heavy atom. The number of hydrogen-bond acceptors (Lipinski definition) is 6. The number of aromatic amines is 1. The van der Waals surface area contributed by atoms with E-state index in [0.717, 1.165) is 4.88 Å². The van der Waals surface area contributed by atoms with Gasteiger partial charge < -0.3 is 14.5 Å². The molecule has 0 aliphatic carbocycles. The quantitative estimate of drug-likeness (QED) is 0.741. The number of benzene rings is 1. The van der Waals surface area contributed by atoms with Crippen LogP contribution in [0.15, 0.2) is 33.3 Å². The summed E-state index contributed by atoms with van der Waals surface area (Å²) in [6.45, 7) is 0. The number of rotatable bonds is 4. The SMILES string of the molecule is COc1cc2nc(-c3ccc(SC)s3)[nH]c(=O)c2cc1OC. The summed E-state index contributed by atoms with van der Waals surface area (Å²) < 4.78 is 11.7. The van der Waals surface area contributed by atoms with Gasteiger partial charge in [-0.05, 0) is 24.5 Å². The summed E-state index contributed by atoms with van der Waals surface area (Å²) in [5, 5.41) is 0.475. The molecule has 0 bridgehead atoms. The number of fused-ring (bicyclic) bond motifs is 1. The molecule has 0 aliphatic heterocycles. The maximum absolute atomic E-state index is 12.3. The summed E-state index contributed by atoms with van der Waals surface area (Å²) in [5.41, 5.74) is 0.385. The zero-order valence-electron chi connectivity index (χ0n) is 12.3. The van der Waals surface area contributed by atoms with Crippen LogP contribution in [0.3, 0.4) is 0 Å². The highest BCUT2D eigenvalue weighted by Crippen LogP contribution is 2.33. The summed E-state index contributed by atoms with van der Waals surface area (Å²) in [7, 11) is 3.09. The Morgan fingerprint density at radius 1 is 1.18 bits per heavy atom. The first kappa shape index (κ1) is 14.9. The van der Waals surface area contributed by atoms with Crippen molar-refractivity contribution in [2.24, 2.45) is 0 Å². The van der Waals surface area contributed by atoms with Crippen LogP contribution >= 0.6 is 23.1 Å². The lowest BCUT2D eigenvalue weighted by atomic mass is 10.2. The molecule has 114 valence electrons. The Kier molecular flexibility index (Phi) is 4.08. The van der Waals surface area contributed by atoms with E-state index in [-0.39, 0.29) is 5.56 Å². The maximum atomic E-state index is 12.3. The fraction of sp³-hybridized carbons (Fsp3) is 0.200. The Labute approximate surface area is 135 Å². The molecule has 1 aromatic carbocycles. The molecule has 0 saturated heterocycles. The first-order valence-corrected chi connectivity index (χ1v) is 8.50. The van der Waals surface area contributed by atoms with Crippen LogP contribution in [-0.4, -0.2) is 30.4 Å². The lowest BCUT2D eigenvalue weighted by Crippen LogP contribution is -2.09. The summed E-state index contributed by atoms with van der Waals surface area (Å²) in [4.78, 5) is 20.6. The van der Waals surface area contributed by atoms with Crippen LogP contribution < -0.4 is 15.0 Å². The summed E-state index contributed by atoms with van der Waals surface area (Å²) in [5.74, 6) is 1.63. The van der Waals surface area contributed by atoms with Gasteiger partial charge in [0.15, 0.2) is 17.3 Å². The van der Waals surface area contributed by atoms with Crippen LogP contribution in [0.5, 0.6) is 11.5 Å². The van der Waals surface area contributed by atoms with Gasteiger partial charge in [-0.2, -0.15) is 0 Å². The third kappa shape index (κ3) is 2.57. The van der Waals surface area contributed by atoms with Crippen molar-refractivity contribution in [3.05, 3.63) is 34.6 Å². The third-order valence-corrected chi connectivity index (χ3v) is 5.40. The van der Waals surface area contributed by atoms with Gasteiger partial charge in [0.2, 0.25) is 0 Å². The number of thioether (sulfide) groups is 1. The number of aromatic nitrogens is 2. The number of hydrogen-bond donors (Lipinski definition) is 1. The predicted molar refractivity (Wildman–Crippen MR) is 90.6 cm³/mol. The summed E-state index contributed by atoms with van der Waals surface area (Å²) in [6.07, 6.45) is 2.02. The molecule has 2 aromatic heterocycles. The van der Waals surface area contributed by atoms with Crippen molar-refractivity contribution in [2.75, 3.05) is 20.5 Å². The number of nitrogens with zero attached hydrogens (tertiary/aromatic N) is 1. The third-order valence-electron chi connectivity index (χ3n) is 3.23. The normalized spacial score (nSPS) is 10.9. The molecule has 7 heteroatoms. The monoisotopic (exact) mass is 334 g/mol. The van der Waals surface area contributed by atoms with Crippen LogP contribution in [0.4, 0.5) is 0 Å². The predicted octanol–water partition coefficient (Wildman–Crippen LogP) is 3.39. The molecule has 5 nitrogen and oxygen atoms in total. The van der Waals surface area contributed by atoms with E-state index in [4.69, 9.17) is 9.47 Å². The molecule has 3 aromatic rings. The van der Waals surface area contributed by atoms with Gasteiger partial charge in [0.1, 0.15) is 0 Å². The Morgan fingerprint density at radius 3 is 2.55 bits per heavy atom. The summed E-state index contributed by atoms with van der Waals surface area (Å²) >= 11 is 3.26. The second-order valence-electron chi connectivity index (χ2n) is 4.46. The number of nitrogens with one attached hydrogen (secondary N) is 1. The van der Waals surface area contributed by atoms with E-state index in [2.05, 4.69) is 9.97 Å². The van der Waals surface area contributed by atoms with Gasteiger partial charge in [-0.3, -0.25) is 4.79 Å². The lowest BCUT2D eigenvalue weighted by Gasteiger charge is -2.09. The fourth-order valence-corrected chi connectivity index (χ4v) is 3.63. The number of methoxy groups -OCH3 is 2. The standard InChI is InChI=1S/C15H14N2O3S2/c1-19-10-6-8-9(7-11(10)20-2)16-14(17-15(8)18)12-4-5-13(21-3)22-12/h4-7H,1-3H3,(H,16,17,18). The van der Waals surface area contributed by atoms with Crippen LogP contribution in [-0.2, 0) is 0 Å². The fourth-order valence-electron chi connectivity index (χ4n) is 2.14. The molecular weight excluding hydrogens is 320 g/mol. The average molecular weight is 334 g/mol. The van der Waals surface area contributed by atoms with Crippen LogP contribution in [0, 0.1) is 0 Å². The van der Waals surface area contributed by atoms with E-state index in [0.29, 0.717) is 28.2 Å². The van der Waals surface area contributed by atoms with Crippen molar-refractivity contribution in [3.8, 4) is 22.2 Å². The molecule has 2 heterocycles. The minimum Gasteiger partial charge on any atom is -0.493 e. The molecule has 0 radical (unpaired) electrons. The number of thiophene rings is 1. The highest BCUT2D eigenvalue weighted by molar-refractivity contribution is 8.00. The van der Waals surface area contributed by atoms with Crippen molar-refractivity contribution in [3.63, 3.8) is 0 Å². The highest BCUT2D eigenvalue weighted by Gasteiger charge is 2.12. The van der Waals surface area contributed by atoms with Crippen molar-refractivity contribution in [1.82, 2.24) is 9.97 Å². The highest BCUT2D eigenvalue weighted by atomic mass is 32.2. The molecule has 0 aliphatic rings. The van der Waals surface area contributed by atoms with E-state index in [9.17, 15) is 4.79 Å². The summed E-state index contributed by atoms with van der Waals surface area (Å²) in [6, 6.07) is 7.34. The molecule has 0 saturated carbocycles. The van der Waals surface area contributed by atoms with E-state index < -0.39 is 0 Å². The molecule has 1 N–H and O–H groups in total. The first-order chi connectivity index (χ1) is 10.7. The smallest absolute Gasteiger partial charge is 0.259 e. The largest absolute Gasteiger partial charge is 0.493 e. The van der Waals surface area contributed by atoms with E-state index >= 15 is 0 Å². The van der Waals surface area contributed by atoms with E-state index in [1.54, 1.807) is 42.3 Å². The Bertz CT molecular complexity index is 886. The topological polar surface area (TPSA) is 64.2 Å². The van der Waals surface area contributed by atoms with E-state index in [1.807, 2.05) is 18.4 Å². The second kappa shape index (κ2) is 6.02. The zero-order valence-corrected chi connectivity index (χ0v) is 13.9. The number of H-pyrrole nitrogens is 1. The molecule has 0 amide bonds. The maximum Gasteiger partial charge on any atom is 0.259 e. The minimum absolute atomic E-state index is 0.194. The van der Waals surface area contributed by atoms with Crippen LogP contribution in [0.25, 0.3) is 21.6 Å². The van der Waals surface area contributed by atoms with Gasteiger partial charge in [0.25, 0.3) is 5.56 Å². The van der Waals surface area contributed by atoms with Crippen molar-refractivity contribution in [2.45, 2.75) is 4.21 Å². The molecule has 22 heavy (non-hydrogen) atoms. The first-order valence-electron chi connectivity index (χ1n) is 6.46. The van der Waals surface area contributed by atoms with E-state index in [1.165, 1.54) is 11.3 Å². The van der Waals surface area contributed by atoms with Crippen LogP contribution in [0.2, 0.25) is 0 Å². The minimum atomic E-state index is -0.194. The molecule has 0 spiro atoms. The van der Waals surface area contributed by atoms with Crippen molar-refractivity contribution >= 4 is 34.0 Å². The second-order valence-corrected chi connectivity index (χ2v) is 6.65. The molecule has 0 fully saturated rings. The van der Waals surface area contributed by atoms with Gasteiger partial charge >= 0.3 is 0 Å². The Balaban J connectivity index is 2.21. The lowest BCUT2D eigenvalue weighted by molar-refractivity contribution is 0.355. The number of ether oxygens (including phenoxy) is 2. The van der Waals surface area contributed by atoms with Gasteiger partial charge in [-0.15, -0.1) is 23.1 Å². The molecule has 0 unspecified atom stereocenters. The average Bonchev–Trinajstić information content (AvgIpc) is 3.02. The molecule has 0 atom stereocenters. The van der Waals surface area contributed by atoms with Gasteiger partial charge in [0, 0.05) is 6.07 Å². The zero-order chi connectivity index (χ0) is 15.7.